The van der Waals surface area contributed by atoms with Crippen LogP contribution in [0.4, 0.5) is 0 Å². The van der Waals surface area contributed by atoms with E-state index in [1.54, 1.807) is 6.07 Å². The Balaban J connectivity index is 1.58. The Morgan fingerprint density at radius 2 is 1.36 bits per heavy atom. The van der Waals surface area contributed by atoms with Gasteiger partial charge in [0.25, 0.3) is 5.91 Å². The number of carbonyl (C=O) groups is 1. The minimum Gasteiger partial charge on any atom is -0.488 e. The summed E-state index contributed by atoms with van der Waals surface area (Å²) >= 11 is 0. The minimum atomic E-state index is -0.111. The molecule has 0 fully saturated rings. The number of carbonyl (C=O) groups excluding carboxylic acids is 1. The molecule has 25 heavy (non-hydrogen) atoms. The molecule has 0 bridgehead atoms. The molecule has 0 aliphatic rings. The van der Waals surface area contributed by atoms with Crippen molar-refractivity contribution in [3.8, 4) is 5.75 Å². The Hall–Kier alpha value is -3.07. The van der Waals surface area contributed by atoms with Crippen LogP contribution < -0.4 is 10.1 Å². The van der Waals surface area contributed by atoms with Crippen molar-refractivity contribution in [2.24, 2.45) is 0 Å². The van der Waals surface area contributed by atoms with E-state index in [4.69, 9.17) is 4.74 Å². The average molecular weight is 331 g/mol. The summed E-state index contributed by atoms with van der Waals surface area (Å²) in [5, 5.41) is 2.97. The largest absolute Gasteiger partial charge is 0.488 e. The van der Waals surface area contributed by atoms with Crippen LogP contribution in [0.5, 0.6) is 5.75 Å². The van der Waals surface area contributed by atoms with Gasteiger partial charge in [0, 0.05) is 6.54 Å². The number of hydrogen-bond donors (Lipinski definition) is 1. The third-order valence-corrected chi connectivity index (χ3v) is 3.91. The second-order valence-corrected chi connectivity index (χ2v) is 5.76. The summed E-state index contributed by atoms with van der Waals surface area (Å²) in [6, 6.07) is 27.4. The molecule has 0 aliphatic carbocycles. The first-order chi connectivity index (χ1) is 12.3. The summed E-state index contributed by atoms with van der Waals surface area (Å²) in [6.45, 7) is 1.03. The number of para-hydroxylation sites is 1. The van der Waals surface area contributed by atoms with E-state index < -0.39 is 0 Å². The molecule has 1 amide bonds. The minimum absolute atomic E-state index is 0.111. The van der Waals surface area contributed by atoms with Crippen LogP contribution in [0.25, 0.3) is 0 Å². The van der Waals surface area contributed by atoms with Crippen molar-refractivity contribution in [3.63, 3.8) is 0 Å². The maximum atomic E-state index is 12.5. The highest BCUT2D eigenvalue weighted by Gasteiger charge is 2.11. The monoisotopic (exact) mass is 331 g/mol. The van der Waals surface area contributed by atoms with Crippen molar-refractivity contribution in [1.82, 2.24) is 5.32 Å². The van der Waals surface area contributed by atoms with Crippen molar-refractivity contribution in [2.75, 3.05) is 6.54 Å². The van der Waals surface area contributed by atoms with E-state index in [-0.39, 0.29) is 5.91 Å². The van der Waals surface area contributed by atoms with Crippen LogP contribution in [0.2, 0.25) is 0 Å². The molecule has 0 spiro atoms. The second-order valence-electron chi connectivity index (χ2n) is 5.76. The third kappa shape index (κ3) is 4.95. The maximum Gasteiger partial charge on any atom is 0.255 e. The van der Waals surface area contributed by atoms with Crippen LogP contribution in [0, 0.1) is 0 Å². The van der Waals surface area contributed by atoms with E-state index in [0.29, 0.717) is 24.5 Å². The average Bonchev–Trinajstić information content (AvgIpc) is 2.68. The molecule has 0 atom stereocenters. The summed E-state index contributed by atoms with van der Waals surface area (Å²) in [7, 11) is 0. The fourth-order valence-corrected chi connectivity index (χ4v) is 2.58. The lowest BCUT2D eigenvalue weighted by atomic mass is 10.1. The summed E-state index contributed by atoms with van der Waals surface area (Å²) in [5.41, 5.74) is 2.84. The van der Waals surface area contributed by atoms with Gasteiger partial charge in [-0.05, 0) is 29.7 Å². The molecule has 0 unspecified atom stereocenters. The van der Waals surface area contributed by atoms with E-state index >= 15 is 0 Å². The highest BCUT2D eigenvalue weighted by Crippen LogP contribution is 2.19. The van der Waals surface area contributed by atoms with E-state index in [0.717, 1.165) is 12.0 Å². The molecule has 3 rings (SSSR count). The first-order valence-electron chi connectivity index (χ1n) is 8.41. The topological polar surface area (TPSA) is 38.3 Å². The molecule has 3 nitrogen and oxygen atoms in total. The number of rotatable bonds is 7. The zero-order valence-electron chi connectivity index (χ0n) is 14.0. The van der Waals surface area contributed by atoms with Gasteiger partial charge in [-0.15, -0.1) is 0 Å². The Morgan fingerprint density at radius 1 is 0.760 bits per heavy atom. The molecule has 3 heteroatoms. The lowest BCUT2D eigenvalue weighted by molar-refractivity contribution is 0.0949. The third-order valence-electron chi connectivity index (χ3n) is 3.91. The molecule has 0 radical (unpaired) electrons. The predicted molar refractivity (Wildman–Crippen MR) is 99.7 cm³/mol. The molecule has 0 saturated heterocycles. The van der Waals surface area contributed by atoms with E-state index in [2.05, 4.69) is 17.4 Å². The van der Waals surface area contributed by atoms with Gasteiger partial charge >= 0.3 is 0 Å². The Bertz CT molecular complexity index is 801. The van der Waals surface area contributed by atoms with Gasteiger partial charge < -0.3 is 10.1 Å². The van der Waals surface area contributed by atoms with Crippen LogP contribution in [-0.2, 0) is 13.0 Å². The lowest BCUT2D eigenvalue weighted by Crippen LogP contribution is -2.26. The Morgan fingerprint density at radius 3 is 2.08 bits per heavy atom. The Labute approximate surface area is 148 Å². The van der Waals surface area contributed by atoms with Crippen molar-refractivity contribution >= 4 is 5.91 Å². The molecule has 0 aromatic heterocycles. The SMILES string of the molecule is O=C(NCCc1ccccc1)c1ccccc1OCc1ccccc1. The number of ether oxygens (including phenoxy) is 1. The van der Waals surface area contributed by atoms with Gasteiger partial charge in [-0.3, -0.25) is 4.79 Å². The molecule has 1 N–H and O–H groups in total. The molecular formula is C22H21NO2. The first kappa shape index (κ1) is 16.8. The van der Waals surface area contributed by atoms with Crippen LogP contribution in [-0.4, -0.2) is 12.5 Å². The van der Waals surface area contributed by atoms with Crippen LogP contribution >= 0.6 is 0 Å². The van der Waals surface area contributed by atoms with Gasteiger partial charge in [-0.1, -0.05) is 72.8 Å². The van der Waals surface area contributed by atoms with E-state index in [1.165, 1.54) is 5.56 Å². The summed E-state index contributed by atoms with van der Waals surface area (Å²) in [6.07, 6.45) is 0.805. The molecule has 3 aromatic carbocycles. The van der Waals surface area contributed by atoms with Gasteiger partial charge in [0.1, 0.15) is 12.4 Å². The molecule has 3 aromatic rings. The molecule has 0 saturated carbocycles. The number of nitrogens with one attached hydrogen (secondary N) is 1. The molecular weight excluding hydrogens is 310 g/mol. The fourth-order valence-electron chi connectivity index (χ4n) is 2.58. The standard InChI is InChI=1S/C22H21NO2/c24-22(23-16-15-18-9-3-1-4-10-18)20-13-7-8-14-21(20)25-17-19-11-5-2-6-12-19/h1-14H,15-17H2,(H,23,24). The summed E-state index contributed by atoms with van der Waals surface area (Å²) < 4.78 is 5.85. The van der Waals surface area contributed by atoms with Crippen molar-refractivity contribution in [2.45, 2.75) is 13.0 Å². The van der Waals surface area contributed by atoms with Gasteiger partial charge in [-0.25, -0.2) is 0 Å². The van der Waals surface area contributed by atoms with E-state index in [1.807, 2.05) is 66.7 Å². The molecule has 0 aliphatic heterocycles. The molecule has 0 heterocycles. The van der Waals surface area contributed by atoms with E-state index in [9.17, 15) is 4.79 Å². The van der Waals surface area contributed by atoms with Crippen LogP contribution in [0.3, 0.4) is 0 Å². The van der Waals surface area contributed by atoms with Crippen LogP contribution in [0.15, 0.2) is 84.9 Å². The normalized spacial score (nSPS) is 10.2. The predicted octanol–water partition coefficient (Wildman–Crippen LogP) is 4.24. The smallest absolute Gasteiger partial charge is 0.255 e. The van der Waals surface area contributed by atoms with Crippen molar-refractivity contribution < 1.29 is 9.53 Å². The molecule has 126 valence electrons. The van der Waals surface area contributed by atoms with Gasteiger partial charge in [-0.2, -0.15) is 0 Å². The number of hydrogen-bond acceptors (Lipinski definition) is 2. The van der Waals surface area contributed by atoms with Crippen molar-refractivity contribution in [3.05, 3.63) is 102 Å². The van der Waals surface area contributed by atoms with Gasteiger partial charge in [0.2, 0.25) is 0 Å². The highest BCUT2D eigenvalue weighted by molar-refractivity contribution is 5.96. The number of benzene rings is 3. The quantitative estimate of drug-likeness (QED) is 0.703. The highest BCUT2D eigenvalue weighted by atomic mass is 16.5. The van der Waals surface area contributed by atoms with Gasteiger partial charge in [0.15, 0.2) is 0 Å². The summed E-state index contributed by atoms with van der Waals surface area (Å²) in [4.78, 5) is 12.5. The summed E-state index contributed by atoms with van der Waals surface area (Å²) in [5.74, 6) is 0.489. The van der Waals surface area contributed by atoms with Crippen LogP contribution in [0.1, 0.15) is 21.5 Å². The van der Waals surface area contributed by atoms with Gasteiger partial charge in [0.05, 0.1) is 5.56 Å². The van der Waals surface area contributed by atoms with Crippen molar-refractivity contribution in [1.29, 1.82) is 0 Å². The number of amides is 1. The fraction of sp³-hybridized carbons (Fsp3) is 0.136. The second kappa shape index (κ2) is 8.69. The zero-order valence-corrected chi connectivity index (χ0v) is 14.0. The zero-order chi connectivity index (χ0) is 17.3. The lowest BCUT2D eigenvalue weighted by Gasteiger charge is -2.12. The first-order valence-corrected chi connectivity index (χ1v) is 8.41. The Kier molecular flexibility index (Phi) is 5.83. The maximum absolute atomic E-state index is 12.5.